The molecule has 5 unspecified atom stereocenters. The van der Waals surface area contributed by atoms with Crippen molar-refractivity contribution in [2.45, 2.75) is 43.2 Å². The van der Waals surface area contributed by atoms with Crippen molar-refractivity contribution < 1.29 is 14.7 Å². The Labute approximate surface area is 86.9 Å². The zero-order valence-corrected chi connectivity index (χ0v) is 8.47. The number of hydroxylamine groups is 1. The number of nitrogens with one attached hydrogen (secondary N) is 1. The average Bonchev–Trinajstić information content (AvgIpc) is 2.66. The number of aliphatic hydroxyl groups is 1. The maximum atomic E-state index is 10.8. The Bertz CT molecular complexity index is 312. The van der Waals surface area contributed by atoms with E-state index in [9.17, 15) is 10.0 Å². The maximum Gasteiger partial charge on any atom is 0.185 e. The fourth-order valence-corrected chi connectivity index (χ4v) is 3.28. The van der Waals surface area contributed by atoms with E-state index in [1.807, 2.05) is 6.92 Å². The average molecular weight is 214 g/mol. The van der Waals surface area contributed by atoms with Gasteiger partial charge in [0.25, 0.3) is 0 Å². The first-order chi connectivity index (χ1) is 7.21. The fourth-order valence-electron chi connectivity index (χ4n) is 3.28. The van der Waals surface area contributed by atoms with Crippen LogP contribution in [0.15, 0.2) is 5.18 Å². The van der Waals surface area contributed by atoms with Crippen LogP contribution >= 0.6 is 0 Å². The van der Waals surface area contributed by atoms with E-state index in [0.717, 1.165) is 6.42 Å². The summed E-state index contributed by atoms with van der Waals surface area (Å²) in [5.41, 5.74) is 1.23. The van der Waals surface area contributed by atoms with Crippen molar-refractivity contribution in [3.63, 3.8) is 0 Å². The summed E-state index contributed by atoms with van der Waals surface area (Å²) in [6.07, 6.45) is 0.992. The number of nitroso groups, excluding NO2 is 1. The highest BCUT2D eigenvalue weighted by Gasteiger charge is 2.77. The van der Waals surface area contributed by atoms with Crippen LogP contribution in [0.1, 0.15) is 19.8 Å². The van der Waals surface area contributed by atoms with Crippen molar-refractivity contribution in [2.24, 2.45) is 11.1 Å². The van der Waals surface area contributed by atoms with E-state index < -0.39 is 11.3 Å². The summed E-state index contributed by atoms with van der Waals surface area (Å²) >= 11 is 0. The van der Waals surface area contributed by atoms with Crippen LogP contribution in [0, 0.1) is 10.8 Å². The van der Waals surface area contributed by atoms with Crippen LogP contribution in [0.2, 0.25) is 0 Å². The molecular weight excluding hydrogens is 200 g/mol. The van der Waals surface area contributed by atoms with Gasteiger partial charge < -0.3 is 9.84 Å². The molecule has 6 nitrogen and oxygen atoms in total. The number of ether oxygens (including phenoxy) is 1. The summed E-state index contributed by atoms with van der Waals surface area (Å²) in [5.74, 6) is -0.141. The topological polar surface area (TPSA) is 80.2 Å². The first-order valence-corrected chi connectivity index (χ1v) is 5.27. The molecule has 5 atom stereocenters. The smallest absolute Gasteiger partial charge is 0.185 e. The van der Waals surface area contributed by atoms with Gasteiger partial charge in [0.05, 0.1) is 18.6 Å². The molecule has 0 aromatic heterocycles. The van der Waals surface area contributed by atoms with Crippen LogP contribution in [-0.4, -0.2) is 35.2 Å². The lowest BCUT2D eigenvalue weighted by molar-refractivity contribution is -0.192. The summed E-state index contributed by atoms with van der Waals surface area (Å²) < 4.78 is 5.79. The van der Waals surface area contributed by atoms with E-state index in [2.05, 4.69) is 10.7 Å². The van der Waals surface area contributed by atoms with Crippen molar-refractivity contribution in [1.82, 2.24) is 5.48 Å². The highest BCUT2D eigenvalue weighted by Crippen LogP contribution is 2.61. The molecule has 0 spiro atoms. The van der Waals surface area contributed by atoms with Crippen molar-refractivity contribution in [2.75, 3.05) is 6.61 Å². The predicted molar refractivity (Wildman–Crippen MR) is 49.6 cm³/mol. The van der Waals surface area contributed by atoms with Gasteiger partial charge in [0, 0.05) is 6.42 Å². The van der Waals surface area contributed by atoms with Crippen molar-refractivity contribution >= 4 is 0 Å². The van der Waals surface area contributed by atoms with E-state index >= 15 is 0 Å². The Morgan fingerprint density at radius 1 is 1.67 bits per heavy atom. The minimum absolute atomic E-state index is 0.0548. The molecule has 0 amide bonds. The molecule has 0 radical (unpaired) electrons. The number of hydrogen-bond acceptors (Lipinski definition) is 6. The van der Waals surface area contributed by atoms with Crippen LogP contribution in [0.25, 0.3) is 0 Å². The molecule has 0 bridgehead atoms. The van der Waals surface area contributed by atoms with E-state index in [4.69, 9.17) is 9.57 Å². The maximum absolute atomic E-state index is 10.8. The Balaban J connectivity index is 1.96. The van der Waals surface area contributed by atoms with E-state index in [1.165, 1.54) is 0 Å². The third-order valence-corrected chi connectivity index (χ3v) is 3.94. The highest BCUT2D eigenvalue weighted by atomic mass is 16.7. The molecule has 3 aliphatic rings. The number of nitrogens with zero attached hydrogens (tertiary/aromatic N) is 1. The molecule has 15 heavy (non-hydrogen) atoms. The largest absolute Gasteiger partial charge is 0.393 e. The third-order valence-electron chi connectivity index (χ3n) is 3.94. The van der Waals surface area contributed by atoms with E-state index in [-0.39, 0.29) is 24.7 Å². The van der Waals surface area contributed by atoms with Crippen molar-refractivity contribution in [1.29, 1.82) is 0 Å². The minimum atomic E-state index is -0.864. The Hall–Kier alpha value is -0.560. The monoisotopic (exact) mass is 214 g/mol. The van der Waals surface area contributed by atoms with Crippen LogP contribution < -0.4 is 5.48 Å². The molecule has 1 saturated carbocycles. The molecular formula is C9H14N2O4. The lowest BCUT2D eigenvalue weighted by Gasteiger charge is -2.49. The SMILES string of the molecule is CCC1OC2(CO)CC3(N=O)NOC1C32. The first-order valence-electron chi connectivity index (χ1n) is 5.27. The van der Waals surface area contributed by atoms with E-state index in [0.29, 0.717) is 6.42 Å². The molecule has 3 fully saturated rings. The standard InChI is InChI=1S/C9H14N2O4/c1-2-5-6-7-8(4-12,14-5)3-9(7,10-13)11-15-6/h5-7,11-12H,2-4H2,1H3. The van der Waals surface area contributed by atoms with Crippen molar-refractivity contribution in [3.05, 3.63) is 4.91 Å². The molecule has 2 heterocycles. The van der Waals surface area contributed by atoms with Gasteiger partial charge in [-0.05, 0) is 11.6 Å². The lowest BCUT2D eigenvalue weighted by atomic mass is 9.61. The molecule has 1 aliphatic carbocycles. The summed E-state index contributed by atoms with van der Waals surface area (Å²) in [6, 6.07) is 0. The predicted octanol–water partition coefficient (Wildman–Crippen LogP) is -0.0877. The molecule has 6 heteroatoms. The van der Waals surface area contributed by atoms with Gasteiger partial charge >= 0.3 is 0 Å². The first kappa shape index (κ1) is 9.65. The van der Waals surface area contributed by atoms with Gasteiger partial charge in [-0.3, -0.25) is 4.84 Å². The number of rotatable bonds is 3. The molecule has 0 aromatic rings. The summed E-state index contributed by atoms with van der Waals surface area (Å²) in [7, 11) is 0. The quantitative estimate of drug-likeness (QED) is 0.642. The fraction of sp³-hybridized carbons (Fsp3) is 1.00. The second kappa shape index (κ2) is 2.76. The molecule has 3 rings (SSSR count). The van der Waals surface area contributed by atoms with Crippen molar-refractivity contribution in [3.8, 4) is 0 Å². The molecule has 2 aliphatic heterocycles. The Kier molecular flexibility index (Phi) is 1.78. The van der Waals surface area contributed by atoms with Gasteiger partial charge in [0.2, 0.25) is 0 Å². The minimum Gasteiger partial charge on any atom is -0.393 e. The summed E-state index contributed by atoms with van der Waals surface area (Å²) in [5, 5.41) is 12.5. The Morgan fingerprint density at radius 2 is 2.47 bits per heavy atom. The second-order valence-corrected chi connectivity index (χ2v) is 4.64. The van der Waals surface area contributed by atoms with Gasteiger partial charge in [-0.1, -0.05) is 6.92 Å². The van der Waals surface area contributed by atoms with Gasteiger partial charge in [-0.15, -0.1) is 4.91 Å². The van der Waals surface area contributed by atoms with Gasteiger partial charge in [0.1, 0.15) is 11.7 Å². The van der Waals surface area contributed by atoms with Gasteiger partial charge in [-0.25, -0.2) is 0 Å². The molecule has 84 valence electrons. The van der Waals surface area contributed by atoms with Crippen LogP contribution in [-0.2, 0) is 9.57 Å². The molecule has 0 aromatic carbocycles. The van der Waals surface area contributed by atoms with Crippen LogP contribution in [0.5, 0.6) is 0 Å². The zero-order valence-electron chi connectivity index (χ0n) is 8.47. The lowest BCUT2D eigenvalue weighted by Crippen LogP contribution is -2.68. The van der Waals surface area contributed by atoms with Gasteiger partial charge in [0.15, 0.2) is 5.66 Å². The second-order valence-electron chi connectivity index (χ2n) is 4.64. The number of aliphatic hydroxyl groups excluding tert-OH is 1. The molecule has 2 saturated heterocycles. The normalized spacial score (nSPS) is 56.3. The summed E-state index contributed by atoms with van der Waals surface area (Å²) in [4.78, 5) is 16.2. The molecule has 2 N–H and O–H groups in total. The van der Waals surface area contributed by atoms with Gasteiger partial charge in [-0.2, -0.15) is 5.48 Å². The zero-order chi connectivity index (χ0) is 10.7. The number of hydrogen-bond donors (Lipinski definition) is 2. The van der Waals surface area contributed by atoms with E-state index in [1.54, 1.807) is 0 Å². The third kappa shape index (κ3) is 0.891. The van der Waals surface area contributed by atoms with Crippen LogP contribution in [0.3, 0.4) is 0 Å². The Morgan fingerprint density at radius 3 is 3.07 bits per heavy atom. The van der Waals surface area contributed by atoms with Crippen LogP contribution in [0.4, 0.5) is 0 Å². The summed E-state index contributed by atoms with van der Waals surface area (Å²) in [6.45, 7) is 1.92. The highest BCUT2D eigenvalue weighted by molar-refractivity contribution is 5.24.